The third-order valence-electron chi connectivity index (χ3n) is 4.57. The zero-order valence-electron chi connectivity index (χ0n) is 14.5. The largest absolute Gasteiger partial charge is 0.497 e. The van der Waals surface area contributed by atoms with Gasteiger partial charge in [0.2, 0.25) is 5.16 Å². The van der Waals surface area contributed by atoms with Crippen molar-refractivity contribution in [3.8, 4) is 5.75 Å². The van der Waals surface area contributed by atoms with Crippen LogP contribution < -0.4 is 4.74 Å². The summed E-state index contributed by atoms with van der Waals surface area (Å²) >= 11 is 1.25. The Bertz CT molecular complexity index is 937. The summed E-state index contributed by atoms with van der Waals surface area (Å²) in [5.41, 5.74) is 2.25. The molecule has 0 unspecified atom stereocenters. The number of aromatic amines is 1. The van der Waals surface area contributed by atoms with E-state index < -0.39 is 0 Å². The molecular weight excluding hydrogens is 352 g/mol. The molecule has 1 aromatic carbocycles. The first-order chi connectivity index (χ1) is 12.7. The first-order valence-electron chi connectivity index (χ1n) is 8.75. The number of nitrogens with zero attached hydrogens (tertiary/aromatic N) is 3. The van der Waals surface area contributed by atoms with Gasteiger partial charge in [-0.25, -0.2) is 4.98 Å². The fraction of sp³-hybridized carbons (Fsp3) is 0.444. The van der Waals surface area contributed by atoms with Gasteiger partial charge in [0.25, 0.3) is 0 Å². The molecule has 0 amide bonds. The van der Waals surface area contributed by atoms with Crippen molar-refractivity contribution in [3.05, 3.63) is 18.2 Å². The number of rotatable bonds is 5. The van der Waals surface area contributed by atoms with Crippen molar-refractivity contribution in [1.82, 2.24) is 20.2 Å². The molecule has 1 N–H and O–H groups in total. The van der Waals surface area contributed by atoms with E-state index in [0.29, 0.717) is 16.3 Å². The van der Waals surface area contributed by atoms with E-state index in [0.717, 1.165) is 42.3 Å². The van der Waals surface area contributed by atoms with E-state index in [1.54, 1.807) is 7.11 Å². The summed E-state index contributed by atoms with van der Waals surface area (Å²) < 4.78 is 10.8. The minimum absolute atomic E-state index is 0.0714. The van der Waals surface area contributed by atoms with E-state index in [2.05, 4.69) is 20.2 Å². The number of fused-ring (bicyclic) bond motifs is 3. The van der Waals surface area contributed by atoms with Gasteiger partial charge in [-0.2, -0.15) is 0 Å². The second kappa shape index (κ2) is 7.49. The number of nitrogens with one attached hydrogen (secondary N) is 1. The lowest BCUT2D eigenvalue weighted by atomic mass is 9.98. The molecule has 0 bridgehead atoms. The molecule has 7 nitrogen and oxygen atoms in total. The Balaban J connectivity index is 1.45. The van der Waals surface area contributed by atoms with Crippen molar-refractivity contribution < 1.29 is 14.3 Å². The number of esters is 1. The maximum atomic E-state index is 12.0. The SMILES string of the molecule is COc1ccc2[nH]c3nc(SCC(=O)OC4CCCCC4)nnc3c2c1. The Morgan fingerprint density at radius 2 is 2.12 bits per heavy atom. The monoisotopic (exact) mass is 372 g/mol. The Morgan fingerprint density at radius 1 is 1.27 bits per heavy atom. The first kappa shape index (κ1) is 17.1. The number of benzene rings is 1. The molecule has 0 atom stereocenters. The summed E-state index contributed by atoms with van der Waals surface area (Å²) in [5, 5.41) is 9.77. The number of carbonyl (C=O) groups is 1. The highest BCUT2D eigenvalue weighted by Gasteiger charge is 2.18. The molecule has 136 valence electrons. The quantitative estimate of drug-likeness (QED) is 0.541. The predicted molar refractivity (Wildman–Crippen MR) is 99.4 cm³/mol. The van der Waals surface area contributed by atoms with Crippen molar-refractivity contribution in [2.24, 2.45) is 0 Å². The van der Waals surface area contributed by atoms with Crippen molar-refractivity contribution >= 4 is 39.8 Å². The average Bonchev–Trinajstić information content (AvgIpc) is 3.04. The van der Waals surface area contributed by atoms with Gasteiger partial charge in [0.05, 0.1) is 12.9 Å². The smallest absolute Gasteiger partial charge is 0.316 e. The topological polar surface area (TPSA) is 90.0 Å². The van der Waals surface area contributed by atoms with Crippen LogP contribution in [0.2, 0.25) is 0 Å². The Labute approximate surface area is 154 Å². The van der Waals surface area contributed by atoms with Crippen LogP contribution in [0.4, 0.5) is 0 Å². The molecule has 0 saturated heterocycles. The molecule has 1 saturated carbocycles. The lowest BCUT2D eigenvalue weighted by Gasteiger charge is -2.21. The number of methoxy groups -OCH3 is 1. The van der Waals surface area contributed by atoms with E-state index in [-0.39, 0.29) is 17.8 Å². The number of hydrogen-bond acceptors (Lipinski definition) is 7. The zero-order chi connectivity index (χ0) is 17.9. The number of ether oxygens (including phenoxy) is 2. The summed E-state index contributed by atoms with van der Waals surface area (Å²) in [4.78, 5) is 19.7. The van der Waals surface area contributed by atoms with E-state index in [9.17, 15) is 4.79 Å². The number of hydrogen-bond donors (Lipinski definition) is 1. The van der Waals surface area contributed by atoms with Crippen LogP contribution in [0.3, 0.4) is 0 Å². The Morgan fingerprint density at radius 3 is 2.92 bits per heavy atom. The van der Waals surface area contributed by atoms with E-state index in [4.69, 9.17) is 9.47 Å². The normalized spacial score (nSPS) is 15.4. The van der Waals surface area contributed by atoms with Gasteiger partial charge in [-0.3, -0.25) is 4.79 Å². The molecule has 3 aromatic rings. The summed E-state index contributed by atoms with van der Waals surface area (Å²) in [6.07, 6.45) is 5.53. The molecule has 4 rings (SSSR count). The van der Waals surface area contributed by atoms with Crippen molar-refractivity contribution in [2.45, 2.75) is 43.4 Å². The van der Waals surface area contributed by atoms with Crippen LogP contribution in [-0.2, 0) is 9.53 Å². The third-order valence-corrected chi connectivity index (χ3v) is 5.38. The van der Waals surface area contributed by atoms with Crippen LogP contribution in [0.15, 0.2) is 23.4 Å². The van der Waals surface area contributed by atoms with Crippen LogP contribution in [0, 0.1) is 0 Å². The second-order valence-electron chi connectivity index (χ2n) is 6.37. The van der Waals surface area contributed by atoms with Crippen LogP contribution in [0.25, 0.3) is 22.1 Å². The zero-order valence-corrected chi connectivity index (χ0v) is 15.3. The summed E-state index contributed by atoms with van der Waals surface area (Å²) in [6.45, 7) is 0. The molecule has 1 aliphatic rings. The minimum atomic E-state index is -0.216. The maximum Gasteiger partial charge on any atom is 0.316 e. The summed E-state index contributed by atoms with van der Waals surface area (Å²) in [7, 11) is 1.63. The van der Waals surface area contributed by atoms with Crippen LogP contribution in [-0.4, -0.2) is 45.1 Å². The van der Waals surface area contributed by atoms with Gasteiger partial charge >= 0.3 is 5.97 Å². The van der Waals surface area contributed by atoms with E-state index in [1.807, 2.05) is 18.2 Å². The lowest BCUT2D eigenvalue weighted by Crippen LogP contribution is -2.22. The minimum Gasteiger partial charge on any atom is -0.497 e. The number of thioether (sulfide) groups is 1. The molecule has 2 aromatic heterocycles. The van der Waals surface area contributed by atoms with Gasteiger partial charge < -0.3 is 14.5 Å². The lowest BCUT2D eigenvalue weighted by molar-refractivity contribution is -0.147. The van der Waals surface area contributed by atoms with Gasteiger partial charge in [0.15, 0.2) is 5.65 Å². The summed E-state index contributed by atoms with van der Waals surface area (Å²) in [6, 6.07) is 5.70. The third kappa shape index (κ3) is 3.60. The van der Waals surface area contributed by atoms with Gasteiger partial charge in [0.1, 0.15) is 17.4 Å². The molecule has 0 spiro atoms. The van der Waals surface area contributed by atoms with Gasteiger partial charge in [-0.15, -0.1) is 10.2 Å². The maximum absolute atomic E-state index is 12.0. The number of H-pyrrole nitrogens is 1. The Hall–Kier alpha value is -2.35. The van der Waals surface area contributed by atoms with Crippen LogP contribution >= 0.6 is 11.8 Å². The fourth-order valence-electron chi connectivity index (χ4n) is 3.25. The molecule has 26 heavy (non-hydrogen) atoms. The second-order valence-corrected chi connectivity index (χ2v) is 7.31. The van der Waals surface area contributed by atoms with E-state index in [1.165, 1.54) is 18.2 Å². The molecule has 8 heteroatoms. The molecule has 0 aliphatic heterocycles. The molecule has 1 fully saturated rings. The van der Waals surface area contributed by atoms with Crippen LogP contribution in [0.1, 0.15) is 32.1 Å². The van der Waals surface area contributed by atoms with Crippen molar-refractivity contribution in [3.63, 3.8) is 0 Å². The fourth-order valence-corrected chi connectivity index (χ4v) is 3.82. The highest BCUT2D eigenvalue weighted by molar-refractivity contribution is 7.99. The summed E-state index contributed by atoms with van der Waals surface area (Å²) in [5.74, 6) is 0.730. The molecular formula is C18H20N4O3S. The molecule has 0 radical (unpaired) electrons. The standard InChI is InChI=1S/C18H20N4O3S/c1-24-12-7-8-14-13(9-12)16-17(19-14)20-18(22-21-16)26-10-15(23)25-11-5-3-2-4-6-11/h7-9,11H,2-6,10H2,1H3,(H,19,20,22). The Kier molecular flexibility index (Phi) is 4.92. The highest BCUT2D eigenvalue weighted by atomic mass is 32.2. The predicted octanol–water partition coefficient (Wildman–Crippen LogP) is 3.48. The highest BCUT2D eigenvalue weighted by Crippen LogP contribution is 2.27. The van der Waals surface area contributed by atoms with E-state index >= 15 is 0 Å². The molecule has 1 aliphatic carbocycles. The van der Waals surface area contributed by atoms with Gasteiger partial charge in [0, 0.05) is 10.9 Å². The van der Waals surface area contributed by atoms with Crippen LogP contribution in [0.5, 0.6) is 5.75 Å². The average molecular weight is 372 g/mol. The number of aromatic nitrogens is 4. The van der Waals surface area contributed by atoms with Crippen molar-refractivity contribution in [2.75, 3.05) is 12.9 Å². The first-order valence-corrected chi connectivity index (χ1v) is 9.74. The molecule has 2 heterocycles. The van der Waals surface area contributed by atoms with Gasteiger partial charge in [-0.1, -0.05) is 18.2 Å². The number of carbonyl (C=O) groups excluding carboxylic acids is 1. The van der Waals surface area contributed by atoms with Gasteiger partial charge in [-0.05, 0) is 43.9 Å². The van der Waals surface area contributed by atoms with Crippen molar-refractivity contribution in [1.29, 1.82) is 0 Å².